The molecular weight excluding hydrogens is 312 g/mol. The first kappa shape index (κ1) is 22.9. The number of rotatable bonds is 11. The second-order valence-corrected chi connectivity index (χ2v) is 7.96. The Balaban J connectivity index is 4.09. The molecule has 0 bridgehead atoms. The number of aliphatic hydroxyl groups is 2. The molecule has 0 aromatic carbocycles. The van der Waals surface area contributed by atoms with Gasteiger partial charge < -0.3 is 19.7 Å². The van der Waals surface area contributed by atoms with E-state index in [1.807, 2.05) is 41.5 Å². The molecule has 0 radical (unpaired) electrons. The zero-order valence-corrected chi connectivity index (χ0v) is 15.9. The van der Waals surface area contributed by atoms with E-state index >= 15 is 0 Å². The van der Waals surface area contributed by atoms with E-state index in [9.17, 15) is 19.8 Å². The Kier molecular flexibility index (Phi) is 9.51. The number of carbonyl (C=O) groups is 2. The lowest BCUT2D eigenvalue weighted by atomic mass is 9.81. The fraction of sp³-hybridized carbons (Fsp3) is 0.889. The van der Waals surface area contributed by atoms with E-state index in [4.69, 9.17) is 9.47 Å². The van der Waals surface area contributed by atoms with Crippen molar-refractivity contribution in [3.05, 3.63) is 0 Å². The Hall–Kier alpha value is -1.14. The zero-order chi connectivity index (χ0) is 19.0. The molecule has 142 valence electrons. The molecule has 0 saturated heterocycles. The lowest BCUT2D eigenvalue weighted by Crippen LogP contribution is -2.31. The van der Waals surface area contributed by atoms with Crippen LogP contribution in [0.1, 0.15) is 54.4 Å². The summed E-state index contributed by atoms with van der Waals surface area (Å²) in [4.78, 5) is 23.4. The van der Waals surface area contributed by atoms with Gasteiger partial charge in [0.1, 0.15) is 0 Å². The first-order valence-corrected chi connectivity index (χ1v) is 8.49. The average Bonchev–Trinajstić information content (AvgIpc) is 2.54. The van der Waals surface area contributed by atoms with Crippen LogP contribution in [-0.4, -0.2) is 48.6 Å². The molecule has 0 saturated carbocycles. The molecule has 0 aliphatic carbocycles. The number of aliphatic hydroxyl groups excluding tert-OH is 2. The fourth-order valence-corrected chi connectivity index (χ4v) is 1.60. The van der Waals surface area contributed by atoms with Gasteiger partial charge >= 0.3 is 11.9 Å². The third kappa shape index (κ3) is 8.11. The highest BCUT2D eigenvalue weighted by molar-refractivity contribution is 5.77. The third-order valence-corrected chi connectivity index (χ3v) is 4.98. The molecule has 2 unspecified atom stereocenters. The Morgan fingerprint density at radius 1 is 0.875 bits per heavy atom. The number of esters is 2. The summed E-state index contributed by atoms with van der Waals surface area (Å²) in [5, 5.41) is 18.4. The van der Waals surface area contributed by atoms with Crippen LogP contribution < -0.4 is 0 Å². The minimum absolute atomic E-state index is 0.00614. The van der Waals surface area contributed by atoms with Gasteiger partial charge in [-0.05, 0) is 17.3 Å². The highest BCUT2D eigenvalue weighted by Gasteiger charge is 2.28. The van der Waals surface area contributed by atoms with Gasteiger partial charge in [-0.3, -0.25) is 9.59 Å². The van der Waals surface area contributed by atoms with E-state index in [0.717, 1.165) is 0 Å². The van der Waals surface area contributed by atoms with Gasteiger partial charge in [0.05, 0.1) is 26.1 Å². The molecule has 6 heteroatoms. The van der Waals surface area contributed by atoms with Crippen LogP contribution in [0.4, 0.5) is 0 Å². The Bertz CT molecular complexity index is 402. The summed E-state index contributed by atoms with van der Waals surface area (Å²) in [5.41, 5.74) is -0.648. The van der Waals surface area contributed by atoms with Crippen molar-refractivity contribution < 1.29 is 29.3 Å². The van der Waals surface area contributed by atoms with E-state index in [2.05, 4.69) is 0 Å². The number of hydrogen-bond acceptors (Lipinski definition) is 6. The van der Waals surface area contributed by atoms with Crippen molar-refractivity contribution in [3.63, 3.8) is 0 Å². The second-order valence-electron chi connectivity index (χ2n) is 7.96. The van der Waals surface area contributed by atoms with Crippen LogP contribution in [0.2, 0.25) is 0 Å². The fourth-order valence-electron chi connectivity index (χ4n) is 1.60. The smallest absolute Gasteiger partial charge is 0.306 e. The number of carbonyl (C=O) groups excluding carboxylic acids is 2. The molecule has 0 amide bonds. The predicted molar refractivity (Wildman–Crippen MR) is 91.2 cm³/mol. The van der Waals surface area contributed by atoms with Crippen molar-refractivity contribution in [2.45, 2.75) is 54.4 Å². The van der Waals surface area contributed by atoms with Gasteiger partial charge in [0.25, 0.3) is 0 Å². The van der Waals surface area contributed by atoms with E-state index in [0.29, 0.717) is 0 Å². The highest BCUT2D eigenvalue weighted by Crippen LogP contribution is 2.27. The van der Waals surface area contributed by atoms with Gasteiger partial charge in [-0.15, -0.1) is 0 Å². The van der Waals surface area contributed by atoms with Crippen molar-refractivity contribution in [1.82, 2.24) is 0 Å². The molecule has 0 spiro atoms. The summed E-state index contributed by atoms with van der Waals surface area (Å²) in [6.07, 6.45) is -0.0543. The summed E-state index contributed by atoms with van der Waals surface area (Å²) in [5.74, 6) is -0.879. The molecule has 0 fully saturated rings. The van der Waals surface area contributed by atoms with Crippen LogP contribution in [0.5, 0.6) is 0 Å². The van der Waals surface area contributed by atoms with E-state index in [-0.39, 0.29) is 61.9 Å². The normalized spacial score (nSPS) is 14.8. The maximum atomic E-state index is 11.7. The van der Waals surface area contributed by atoms with Crippen molar-refractivity contribution in [2.24, 2.45) is 22.7 Å². The lowest BCUT2D eigenvalue weighted by molar-refractivity contribution is -0.154. The van der Waals surface area contributed by atoms with E-state index in [1.165, 1.54) is 0 Å². The molecule has 2 atom stereocenters. The van der Waals surface area contributed by atoms with Crippen LogP contribution in [0.3, 0.4) is 0 Å². The Labute approximate surface area is 145 Å². The SMILES string of the molecule is CC(COC(=O)CCC(=O)OCC(C)(C)C(C)CO)C(C)(C)CO. The van der Waals surface area contributed by atoms with E-state index in [1.54, 1.807) is 0 Å². The molecule has 24 heavy (non-hydrogen) atoms. The van der Waals surface area contributed by atoms with Gasteiger partial charge in [-0.25, -0.2) is 0 Å². The van der Waals surface area contributed by atoms with Crippen LogP contribution in [0.25, 0.3) is 0 Å². The molecule has 6 nitrogen and oxygen atoms in total. The van der Waals surface area contributed by atoms with Gasteiger partial charge in [-0.2, -0.15) is 0 Å². The standard InChI is InChI=1S/C18H34O6/c1-13(9-19)18(5,6)12-24-16(22)8-7-15(21)23-10-14(2)17(3,4)11-20/h13-14,19-20H,7-12H2,1-6H3. The lowest BCUT2D eigenvalue weighted by Gasteiger charge is -2.29. The summed E-state index contributed by atoms with van der Waals surface area (Å²) in [7, 11) is 0. The quantitative estimate of drug-likeness (QED) is 0.557. The Morgan fingerprint density at radius 3 is 1.83 bits per heavy atom. The first-order chi connectivity index (χ1) is 11.0. The molecule has 0 aliphatic rings. The maximum Gasteiger partial charge on any atom is 0.306 e. The summed E-state index contributed by atoms with van der Waals surface area (Å²) in [6, 6.07) is 0. The van der Waals surface area contributed by atoms with Gasteiger partial charge in [0, 0.05) is 18.6 Å². The molecule has 0 rings (SSSR count). The Morgan fingerprint density at radius 2 is 1.38 bits per heavy atom. The average molecular weight is 346 g/mol. The molecular formula is C18H34O6. The minimum Gasteiger partial charge on any atom is -0.465 e. The number of ether oxygens (including phenoxy) is 2. The first-order valence-electron chi connectivity index (χ1n) is 8.49. The number of hydrogen-bond donors (Lipinski definition) is 2. The van der Waals surface area contributed by atoms with E-state index < -0.39 is 11.9 Å². The van der Waals surface area contributed by atoms with Crippen molar-refractivity contribution >= 4 is 11.9 Å². The highest BCUT2D eigenvalue weighted by atomic mass is 16.5. The van der Waals surface area contributed by atoms with Crippen molar-refractivity contribution in [3.8, 4) is 0 Å². The largest absolute Gasteiger partial charge is 0.465 e. The van der Waals surface area contributed by atoms with Gasteiger partial charge in [0.2, 0.25) is 0 Å². The molecule has 2 N–H and O–H groups in total. The van der Waals surface area contributed by atoms with Gasteiger partial charge in [0.15, 0.2) is 0 Å². The van der Waals surface area contributed by atoms with Crippen LogP contribution in [-0.2, 0) is 19.1 Å². The second kappa shape index (κ2) is 9.99. The summed E-state index contributed by atoms with van der Waals surface area (Å²) in [6.45, 7) is 11.9. The van der Waals surface area contributed by atoms with Crippen molar-refractivity contribution in [2.75, 3.05) is 26.4 Å². The van der Waals surface area contributed by atoms with Crippen LogP contribution in [0.15, 0.2) is 0 Å². The zero-order valence-electron chi connectivity index (χ0n) is 15.9. The molecule has 0 heterocycles. The maximum absolute atomic E-state index is 11.7. The minimum atomic E-state index is -0.450. The third-order valence-electron chi connectivity index (χ3n) is 4.98. The summed E-state index contributed by atoms with van der Waals surface area (Å²) < 4.78 is 10.3. The topological polar surface area (TPSA) is 93.1 Å². The molecule has 0 aromatic heterocycles. The van der Waals surface area contributed by atoms with Crippen molar-refractivity contribution in [1.29, 1.82) is 0 Å². The predicted octanol–water partition coefficient (Wildman–Crippen LogP) is 2.16. The van der Waals surface area contributed by atoms with Gasteiger partial charge in [-0.1, -0.05) is 41.5 Å². The molecule has 0 aliphatic heterocycles. The van der Waals surface area contributed by atoms with Crippen LogP contribution in [0, 0.1) is 22.7 Å². The summed E-state index contributed by atoms with van der Waals surface area (Å²) >= 11 is 0. The monoisotopic (exact) mass is 346 g/mol. The van der Waals surface area contributed by atoms with Crippen LogP contribution >= 0.6 is 0 Å². The molecule has 0 aromatic rings.